The van der Waals surface area contributed by atoms with Crippen LogP contribution in [0.4, 0.5) is 5.82 Å². The molecule has 2 rings (SSSR count). The molecule has 1 aromatic rings. The first-order valence-corrected chi connectivity index (χ1v) is 5.77. The van der Waals surface area contributed by atoms with E-state index >= 15 is 0 Å². The van der Waals surface area contributed by atoms with Gasteiger partial charge in [0, 0.05) is 6.54 Å². The highest BCUT2D eigenvalue weighted by molar-refractivity contribution is 6.29. The van der Waals surface area contributed by atoms with Gasteiger partial charge in [-0.2, -0.15) is 0 Å². The smallest absolute Gasteiger partial charge is 0.335 e. The van der Waals surface area contributed by atoms with Crippen LogP contribution in [0.15, 0.2) is 12.1 Å². The third-order valence-corrected chi connectivity index (χ3v) is 2.89. The molecule has 1 aliphatic rings. The fourth-order valence-corrected chi connectivity index (χ4v) is 1.78. The molecule has 0 radical (unpaired) electrons. The predicted octanol–water partition coefficient (Wildman–Crippen LogP) is 1.62. The Morgan fingerprint density at radius 2 is 2.29 bits per heavy atom. The zero-order chi connectivity index (χ0) is 12.4. The normalized spacial score (nSPS) is 16.6. The number of carboxylic acid groups (broad SMARTS) is 1. The Labute approximate surface area is 103 Å². The van der Waals surface area contributed by atoms with Gasteiger partial charge < -0.3 is 15.5 Å². The molecule has 1 aliphatic carbocycles. The Morgan fingerprint density at radius 3 is 2.88 bits per heavy atom. The van der Waals surface area contributed by atoms with Gasteiger partial charge in [0.25, 0.3) is 0 Å². The lowest BCUT2D eigenvalue weighted by molar-refractivity contribution is 0.0697. The van der Waals surface area contributed by atoms with Gasteiger partial charge in [-0.25, -0.2) is 9.78 Å². The summed E-state index contributed by atoms with van der Waals surface area (Å²) in [4.78, 5) is 14.7. The molecule has 92 valence electrons. The molecule has 1 atom stereocenters. The topological polar surface area (TPSA) is 82.5 Å². The predicted molar refractivity (Wildman–Crippen MR) is 63.4 cm³/mol. The van der Waals surface area contributed by atoms with Gasteiger partial charge in [0.15, 0.2) is 0 Å². The van der Waals surface area contributed by atoms with E-state index in [9.17, 15) is 9.90 Å². The van der Waals surface area contributed by atoms with Crippen molar-refractivity contribution < 1.29 is 15.0 Å². The van der Waals surface area contributed by atoms with E-state index in [0.717, 1.165) is 12.8 Å². The van der Waals surface area contributed by atoms with Gasteiger partial charge in [0.2, 0.25) is 0 Å². The molecule has 1 aromatic heterocycles. The molecular formula is C11H13ClN2O3. The van der Waals surface area contributed by atoms with E-state index in [1.54, 1.807) is 0 Å². The first-order chi connectivity index (χ1) is 8.06. The van der Waals surface area contributed by atoms with Crippen LogP contribution in [0.3, 0.4) is 0 Å². The number of nitrogens with one attached hydrogen (secondary N) is 1. The third kappa shape index (κ3) is 3.31. The second-order valence-corrected chi connectivity index (χ2v) is 4.54. The average molecular weight is 257 g/mol. The largest absolute Gasteiger partial charge is 0.478 e. The number of anilines is 1. The molecule has 1 unspecified atom stereocenters. The summed E-state index contributed by atoms with van der Waals surface area (Å²) in [5, 5.41) is 21.5. The number of hydrogen-bond donors (Lipinski definition) is 3. The molecule has 0 amide bonds. The summed E-state index contributed by atoms with van der Waals surface area (Å²) in [7, 11) is 0. The fourth-order valence-electron chi connectivity index (χ4n) is 1.57. The number of aliphatic hydroxyl groups excluding tert-OH is 1. The monoisotopic (exact) mass is 256 g/mol. The zero-order valence-electron chi connectivity index (χ0n) is 9.06. The van der Waals surface area contributed by atoms with Crippen molar-refractivity contribution >= 4 is 23.4 Å². The van der Waals surface area contributed by atoms with Crippen molar-refractivity contribution in [3.05, 3.63) is 22.8 Å². The van der Waals surface area contributed by atoms with E-state index in [1.807, 2.05) is 0 Å². The molecule has 1 saturated carbocycles. The number of rotatable bonds is 5. The van der Waals surface area contributed by atoms with E-state index < -0.39 is 12.1 Å². The third-order valence-electron chi connectivity index (χ3n) is 2.70. The Bertz CT molecular complexity index is 435. The summed E-state index contributed by atoms with van der Waals surface area (Å²) >= 11 is 5.71. The van der Waals surface area contributed by atoms with Crippen LogP contribution in [0, 0.1) is 5.92 Å². The fraction of sp³-hybridized carbons (Fsp3) is 0.455. The molecule has 1 heterocycles. The van der Waals surface area contributed by atoms with Crippen LogP contribution in [0.5, 0.6) is 0 Å². The van der Waals surface area contributed by atoms with Crippen molar-refractivity contribution in [3.8, 4) is 0 Å². The Morgan fingerprint density at radius 1 is 1.59 bits per heavy atom. The number of aromatic carboxylic acids is 1. The van der Waals surface area contributed by atoms with Crippen LogP contribution >= 0.6 is 11.6 Å². The number of pyridine rings is 1. The molecule has 0 aromatic carbocycles. The van der Waals surface area contributed by atoms with Crippen molar-refractivity contribution in [1.82, 2.24) is 4.98 Å². The van der Waals surface area contributed by atoms with E-state index in [1.165, 1.54) is 12.1 Å². The van der Waals surface area contributed by atoms with Crippen molar-refractivity contribution in [2.45, 2.75) is 18.9 Å². The van der Waals surface area contributed by atoms with Crippen LogP contribution in [-0.4, -0.2) is 33.8 Å². The van der Waals surface area contributed by atoms with E-state index in [-0.39, 0.29) is 10.7 Å². The molecule has 0 bridgehead atoms. The summed E-state index contributed by atoms with van der Waals surface area (Å²) in [5.74, 6) is -0.324. The van der Waals surface area contributed by atoms with Crippen LogP contribution in [0.2, 0.25) is 5.15 Å². The Hall–Kier alpha value is -1.33. The minimum Gasteiger partial charge on any atom is -0.478 e. The lowest BCUT2D eigenvalue weighted by Gasteiger charge is -2.11. The number of hydrogen-bond acceptors (Lipinski definition) is 4. The summed E-state index contributed by atoms with van der Waals surface area (Å²) in [5.41, 5.74) is 0.0772. The minimum atomic E-state index is -1.06. The highest BCUT2D eigenvalue weighted by Crippen LogP contribution is 2.32. The lowest BCUT2D eigenvalue weighted by Crippen LogP contribution is -2.21. The Balaban J connectivity index is 2.01. The lowest BCUT2D eigenvalue weighted by atomic mass is 10.2. The van der Waals surface area contributed by atoms with Crippen molar-refractivity contribution in [1.29, 1.82) is 0 Å². The van der Waals surface area contributed by atoms with Gasteiger partial charge in [-0.3, -0.25) is 0 Å². The standard InChI is InChI=1S/C11H13ClN2O3/c12-9-3-7(11(16)17)4-10(14-9)13-5-8(15)6-1-2-6/h3-4,6,8,15H,1-2,5H2,(H,13,14)(H,16,17). The number of aromatic nitrogens is 1. The maximum atomic E-state index is 10.8. The SMILES string of the molecule is O=C(O)c1cc(Cl)nc(NCC(O)C2CC2)c1. The molecule has 17 heavy (non-hydrogen) atoms. The Kier molecular flexibility index (Phi) is 3.49. The van der Waals surface area contributed by atoms with Crippen LogP contribution in [-0.2, 0) is 0 Å². The average Bonchev–Trinajstić information content (AvgIpc) is 3.08. The molecule has 0 saturated heterocycles. The quantitative estimate of drug-likeness (QED) is 0.698. The second-order valence-electron chi connectivity index (χ2n) is 4.15. The number of halogens is 1. The maximum Gasteiger partial charge on any atom is 0.335 e. The number of carbonyl (C=O) groups is 1. The van der Waals surface area contributed by atoms with E-state index in [2.05, 4.69) is 10.3 Å². The first-order valence-electron chi connectivity index (χ1n) is 5.39. The molecule has 0 spiro atoms. The van der Waals surface area contributed by atoms with E-state index in [4.69, 9.17) is 16.7 Å². The van der Waals surface area contributed by atoms with Gasteiger partial charge in [-0.1, -0.05) is 11.6 Å². The summed E-state index contributed by atoms with van der Waals surface area (Å²) in [6.07, 6.45) is 1.68. The van der Waals surface area contributed by atoms with Gasteiger partial charge in [-0.15, -0.1) is 0 Å². The molecule has 6 heteroatoms. The van der Waals surface area contributed by atoms with Gasteiger partial charge >= 0.3 is 5.97 Å². The highest BCUT2D eigenvalue weighted by atomic mass is 35.5. The number of nitrogens with zero attached hydrogens (tertiary/aromatic N) is 1. The molecule has 3 N–H and O–H groups in total. The highest BCUT2D eigenvalue weighted by Gasteiger charge is 2.29. The molecule has 1 fully saturated rings. The summed E-state index contributed by atoms with van der Waals surface area (Å²) in [6, 6.07) is 2.68. The van der Waals surface area contributed by atoms with Gasteiger partial charge in [0.05, 0.1) is 11.7 Å². The van der Waals surface area contributed by atoms with Gasteiger partial charge in [-0.05, 0) is 30.9 Å². The van der Waals surface area contributed by atoms with E-state index in [0.29, 0.717) is 18.3 Å². The molecular weight excluding hydrogens is 244 g/mol. The zero-order valence-corrected chi connectivity index (χ0v) is 9.81. The van der Waals surface area contributed by atoms with Crippen molar-refractivity contribution in [2.24, 2.45) is 5.92 Å². The molecule has 0 aliphatic heterocycles. The van der Waals surface area contributed by atoms with Gasteiger partial charge in [0.1, 0.15) is 11.0 Å². The first kappa shape index (κ1) is 12.1. The summed E-state index contributed by atoms with van der Waals surface area (Å²) < 4.78 is 0. The van der Waals surface area contributed by atoms with Crippen LogP contribution < -0.4 is 5.32 Å². The minimum absolute atomic E-state index is 0.0772. The number of aliphatic hydroxyl groups is 1. The van der Waals surface area contributed by atoms with Crippen LogP contribution in [0.1, 0.15) is 23.2 Å². The van der Waals surface area contributed by atoms with Crippen LogP contribution in [0.25, 0.3) is 0 Å². The van der Waals surface area contributed by atoms with Crippen molar-refractivity contribution in [3.63, 3.8) is 0 Å². The van der Waals surface area contributed by atoms with Crippen molar-refractivity contribution in [2.75, 3.05) is 11.9 Å². The maximum absolute atomic E-state index is 10.8. The number of carboxylic acids is 1. The summed E-state index contributed by atoms with van der Waals surface area (Å²) in [6.45, 7) is 0.358. The molecule has 5 nitrogen and oxygen atoms in total. The second kappa shape index (κ2) is 4.89.